The molecule has 0 spiro atoms. The van der Waals surface area contributed by atoms with Crippen molar-refractivity contribution in [3.8, 4) is 17.2 Å². The van der Waals surface area contributed by atoms with Gasteiger partial charge in [0.05, 0.1) is 24.8 Å². The number of carbonyl (C=O) groups excluding carboxylic acids is 1. The Morgan fingerprint density at radius 3 is 2.27 bits per heavy atom. The van der Waals surface area contributed by atoms with Crippen LogP contribution in [0.15, 0.2) is 71.6 Å². The van der Waals surface area contributed by atoms with Crippen LogP contribution in [-0.2, 0) is 14.8 Å². The molecule has 0 radical (unpaired) electrons. The van der Waals surface area contributed by atoms with Crippen LogP contribution in [-0.4, -0.2) is 34.6 Å². The molecule has 0 heterocycles. The largest absolute Gasteiger partial charge is 0.497 e. The molecular formula is C24H26N2O6S. The van der Waals surface area contributed by atoms with E-state index in [-0.39, 0.29) is 16.5 Å². The highest BCUT2D eigenvalue weighted by Crippen LogP contribution is 2.31. The van der Waals surface area contributed by atoms with Crippen molar-refractivity contribution < 1.29 is 27.4 Å². The molecule has 0 aliphatic rings. The smallest absolute Gasteiger partial charge is 0.265 e. The lowest BCUT2D eigenvalue weighted by atomic mass is 10.2. The predicted octanol–water partition coefficient (Wildman–Crippen LogP) is 4.22. The third kappa shape index (κ3) is 6.17. The Balaban J connectivity index is 1.68. The van der Waals surface area contributed by atoms with Crippen LogP contribution < -0.4 is 24.2 Å². The minimum Gasteiger partial charge on any atom is -0.497 e. The van der Waals surface area contributed by atoms with Crippen molar-refractivity contribution in [1.82, 2.24) is 0 Å². The summed E-state index contributed by atoms with van der Waals surface area (Å²) < 4.78 is 44.2. The first-order valence-electron chi connectivity index (χ1n) is 10.1. The number of sulfonamides is 1. The molecule has 3 aromatic rings. The van der Waals surface area contributed by atoms with Crippen LogP contribution in [0.2, 0.25) is 0 Å². The Morgan fingerprint density at radius 2 is 1.64 bits per heavy atom. The van der Waals surface area contributed by atoms with Crippen LogP contribution in [0.25, 0.3) is 0 Å². The highest BCUT2D eigenvalue weighted by molar-refractivity contribution is 7.92. The molecule has 174 valence electrons. The van der Waals surface area contributed by atoms with Crippen molar-refractivity contribution in [2.45, 2.75) is 24.8 Å². The van der Waals surface area contributed by atoms with Crippen LogP contribution in [0.3, 0.4) is 0 Å². The maximum atomic E-state index is 12.8. The second kappa shape index (κ2) is 10.3. The normalized spacial score (nSPS) is 11.9. The van der Waals surface area contributed by atoms with Gasteiger partial charge < -0.3 is 19.5 Å². The van der Waals surface area contributed by atoms with Gasteiger partial charge in [0.15, 0.2) is 6.10 Å². The number of nitrogens with one attached hydrogen (secondary N) is 2. The number of amides is 1. The van der Waals surface area contributed by atoms with E-state index in [0.29, 0.717) is 22.9 Å². The summed E-state index contributed by atoms with van der Waals surface area (Å²) in [7, 11) is -0.969. The molecule has 3 rings (SSSR count). The van der Waals surface area contributed by atoms with Crippen LogP contribution in [0.1, 0.15) is 12.5 Å². The molecule has 0 fully saturated rings. The highest BCUT2D eigenvalue weighted by Gasteiger charge is 2.19. The number of aryl methyl sites for hydroxylation is 1. The van der Waals surface area contributed by atoms with Gasteiger partial charge in [-0.25, -0.2) is 8.42 Å². The maximum Gasteiger partial charge on any atom is 0.265 e. The average Bonchev–Trinajstić information content (AvgIpc) is 2.79. The minimum absolute atomic E-state index is 0.0226. The van der Waals surface area contributed by atoms with E-state index < -0.39 is 16.1 Å². The standard InChI is InChI=1S/C24H26N2O6S/c1-16-6-5-7-20(14-16)32-17(2)24(27)25-18-8-11-21(12-9-18)33(28,29)26-22-15-19(30-3)10-13-23(22)31-4/h5-15,17,26H,1-4H3,(H,25,27)/t17-/m1/s1. The molecule has 0 saturated heterocycles. The number of ether oxygens (including phenoxy) is 3. The Kier molecular flexibility index (Phi) is 7.44. The number of carbonyl (C=O) groups is 1. The molecule has 0 saturated carbocycles. The van der Waals surface area contributed by atoms with Gasteiger partial charge >= 0.3 is 0 Å². The minimum atomic E-state index is -3.90. The molecular weight excluding hydrogens is 444 g/mol. The Hall–Kier alpha value is -3.72. The third-order valence-electron chi connectivity index (χ3n) is 4.75. The van der Waals surface area contributed by atoms with Crippen molar-refractivity contribution in [2.75, 3.05) is 24.3 Å². The summed E-state index contributed by atoms with van der Waals surface area (Å²) in [6.45, 7) is 3.58. The van der Waals surface area contributed by atoms with Gasteiger partial charge in [-0.1, -0.05) is 12.1 Å². The first-order chi connectivity index (χ1) is 15.7. The van der Waals surface area contributed by atoms with Crippen LogP contribution in [0.5, 0.6) is 17.2 Å². The summed E-state index contributed by atoms with van der Waals surface area (Å²) in [6, 6.07) is 18.0. The molecule has 33 heavy (non-hydrogen) atoms. The molecule has 2 N–H and O–H groups in total. The Labute approximate surface area is 193 Å². The van der Waals surface area contributed by atoms with E-state index in [1.165, 1.54) is 44.6 Å². The molecule has 0 aliphatic carbocycles. The van der Waals surface area contributed by atoms with Crippen molar-refractivity contribution in [1.29, 1.82) is 0 Å². The second-order valence-corrected chi connectivity index (χ2v) is 8.94. The maximum absolute atomic E-state index is 12.8. The second-order valence-electron chi connectivity index (χ2n) is 7.26. The molecule has 9 heteroatoms. The molecule has 0 bridgehead atoms. The number of hydrogen-bond donors (Lipinski definition) is 2. The number of hydrogen-bond acceptors (Lipinski definition) is 6. The van der Waals surface area contributed by atoms with E-state index in [1.807, 2.05) is 25.1 Å². The molecule has 0 aliphatic heterocycles. The van der Waals surface area contributed by atoms with Gasteiger partial charge in [0.2, 0.25) is 0 Å². The number of rotatable bonds is 9. The summed E-state index contributed by atoms with van der Waals surface area (Å²) in [5.41, 5.74) is 1.71. The van der Waals surface area contributed by atoms with Crippen LogP contribution in [0.4, 0.5) is 11.4 Å². The fourth-order valence-corrected chi connectivity index (χ4v) is 4.07. The first-order valence-corrected chi connectivity index (χ1v) is 11.6. The van der Waals surface area contributed by atoms with Gasteiger partial charge in [0, 0.05) is 11.8 Å². The zero-order chi connectivity index (χ0) is 24.0. The fourth-order valence-electron chi connectivity index (χ4n) is 3.01. The summed E-state index contributed by atoms with van der Waals surface area (Å²) in [5.74, 6) is 1.07. The molecule has 0 unspecified atom stereocenters. The fraction of sp³-hybridized carbons (Fsp3) is 0.208. The third-order valence-corrected chi connectivity index (χ3v) is 6.14. The summed E-state index contributed by atoms with van der Waals surface area (Å²) in [6.07, 6.45) is -0.739. The van der Waals surface area contributed by atoms with Gasteiger partial charge in [-0.3, -0.25) is 9.52 Å². The van der Waals surface area contributed by atoms with Gasteiger partial charge in [0.1, 0.15) is 17.2 Å². The molecule has 8 nitrogen and oxygen atoms in total. The molecule has 3 aromatic carbocycles. The number of benzene rings is 3. The van der Waals surface area contributed by atoms with Crippen LogP contribution >= 0.6 is 0 Å². The summed E-state index contributed by atoms with van der Waals surface area (Å²) >= 11 is 0. The Morgan fingerprint density at radius 1 is 0.909 bits per heavy atom. The van der Waals surface area contributed by atoms with Gasteiger partial charge in [-0.05, 0) is 67.9 Å². The van der Waals surface area contributed by atoms with E-state index in [4.69, 9.17) is 14.2 Å². The molecule has 1 amide bonds. The van der Waals surface area contributed by atoms with Gasteiger partial charge in [-0.2, -0.15) is 0 Å². The van der Waals surface area contributed by atoms with E-state index >= 15 is 0 Å². The predicted molar refractivity (Wildman–Crippen MR) is 127 cm³/mol. The zero-order valence-electron chi connectivity index (χ0n) is 18.8. The zero-order valence-corrected chi connectivity index (χ0v) is 19.6. The van der Waals surface area contributed by atoms with Crippen LogP contribution in [0, 0.1) is 6.92 Å². The quantitative estimate of drug-likeness (QED) is 0.485. The summed E-state index contributed by atoms with van der Waals surface area (Å²) in [5, 5.41) is 2.72. The number of methoxy groups -OCH3 is 2. The van der Waals surface area contributed by atoms with Gasteiger partial charge in [-0.15, -0.1) is 0 Å². The van der Waals surface area contributed by atoms with Crippen molar-refractivity contribution in [3.63, 3.8) is 0 Å². The SMILES string of the molecule is COc1ccc(OC)c(NS(=O)(=O)c2ccc(NC(=O)[C@@H](C)Oc3cccc(C)c3)cc2)c1. The lowest BCUT2D eigenvalue weighted by Crippen LogP contribution is -2.30. The lowest BCUT2D eigenvalue weighted by Gasteiger charge is -2.16. The lowest BCUT2D eigenvalue weighted by molar-refractivity contribution is -0.122. The van der Waals surface area contributed by atoms with E-state index in [0.717, 1.165) is 5.56 Å². The number of anilines is 2. The van der Waals surface area contributed by atoms with E-state index in [9.17, 15) is 13.2 Å². The van der Waals surface area contributed by atoms with Crippen molar-refractivity contribution in [2.24, 2.45) is 0 Å². The van der Waals surface area contributed by atoms with Gasteiger partial charge in [0.25, 0.3) is 15.9 Å². The molecule has 1 atom stereocenters. The average molecular weight is 471 g/mol. The monoisotopic (exact) mass is 470 g/mol. The van der Waals surface area contributed by atoms with Crippen molar-refractivity contribution >= 4 is 27.3 Å². The first kappa shape index (κ1) is 23.9. The van der Waals surface area contributed by atoms with Crippen molar-refractivity contribution in [3.05, 3.63) is 72.3 Å². The molecule has 0 aromatic heterocycles. The van der Waals surface area contributed by atoms with E-state index in [1.54, 1.807) is 25.1 Å². The topological polar surface area (TPSA) is 103 Å². The highest BCUT2D eigenvalue weighted by atomic mass is 32.2. The van der Waals surface area contributed by atoms with E-state index in [2.05, 4.69) is 10.0 Å². The Bertz CT molecular complexity index is 1230. The summed E-state index contributed by atoms with van der Waals surface area (Å²) in [4.78, 5) is 12.5.